The smallest absolute Gasteiger partial charge is 0.204 e. The lowest BCUT2D eigenvalue weighted by molar-refractivity contribution is 0.112. The van der Waals surface area contributed by atoms with Crippen molar-refractivity contribution in [2.75, 3.05) is 13.7 Å². The second-order valence-electron chi connectivity index (χ2n) is 6.28. The van der Waals surface area contributed by atoms with Gasteiger partial charge in [-0.2, -0.15) is 0 Å². The Morgan fingerprint density at radius 3 is 2.52 bits per heavy atom. The van der Waals surface area contributed by atoms with Gasteiger partial charge in [-0.05, 0) is 36.6 Å². The number of unbranched alkanes of at least 4 members (excludes halogenated alkanes) is 3. The first-order chi connectivity index (χ1) is 13.2. The van der Waals surface area contributed by atoms with Crippen LogP contribution in [0.1, 0.15) is 48.5 Å². The fraction of sp³-hybridized carbons (Fsp3) is 0.348. The van der Waals surface area contributed by atoms with Gasteiger partial charge in [-0.25, -0.2) is 0 Å². The number of ether oxygens (including phenoxy) is 3. The summed E-state index contributed by atoms with van der Waals surface area (Å²) in [5, 5.41) is 0. The van der Waals surface area contributed by atoms with E-state index in [1.165, 1.54) is 12.8 Å². The third-order valence-electron chi connectivity index (χ3n) is 4.20. The standard InChI is InChI=1S/C23H28O4/c1-4-6-7-10-14-26-23-21(25-3)15-18(17-24)16-22(23)27-20-13-9-8-12-19(20)11-5-2/h5,8-9,12-13,15-17H,2,4,6-7,10-11,14H2,1,3H3. The number of aldehydes is 1. The minimum Gasteiger partial charge on any atom is -0.493 e. The van der Waals surface area contributed by atoms with Crippen LogP contribution in [0.2, 0.25) is 0 Å². The molecule has 27 heavy (non-hydrogen) atoms. The predicted octanol–water partition coefficient (Wildman–Crippen LogP) is 5.99. The molecule has 144 valence electrons. The molecule has 0 saturated heterocycles. The summed E-state index contributed by atoms with van der Waals surface area (Å²) in [6, 6.07) is 11.1. The van der Waals surface area contributed by atoms with Crippen molar-refractivity contribution in [3.63, 3.8) is 0 Å². The lowest BCUT2D eigenvalue weighted by Gasteiger charge is -2.17. The lowest BCUT2D eigenvalue weighted by atomic mass is 10.1. The normalized spacial score (nSPS) is 10.3. The van der Waals surface area contributed by atoms with Gasteiger partial charge in [0, 0.05) is 5.56 Å². The van der Waals surface area contributed by atoms with Crippen LogP contribution in [-0.2, 0) is 6.42 Å². The van der Waals surface area contributed by atoms with Gasteiger partial charge in [-0.15, -0.1) is 6.58 Å². The van der Waals surface area contributed by atoms with Crippen molar-refractivity contribution in [1.82, 2.24) is 0 Å². The molecule has 0 aliphatic carbocycles. The highest BCUT2D eigenvalue weighted by Gasteiger charge is 2.16. The van der Waals surface area contributed by atoms with E-state index in [9.17, 15) is 4.79 Å². The number of para-hydroxylation sites is 1. The third kappa shape index (κ3) is 5.88. The van der Waals surface area contributed by atoms with Crippen LogP contribution in [0.15, 0.2) is 49.1 Å². The summed E-state index contributed by atoms with van der Waals surface area (Å²) < 4.78 is 17.6. The van der Waals surface area contributed by atoms with Gasteiger partial charge in [-0.3, -0.25) is 4.79 Å². The van der Waals surface area contributed by atoms with Crippen molar-refractivity contribution >= 4 is 6.29 Å². The largest absolute Gasteiger partial charge is 0.493 e. The number of carbonyl (C=O) groups is 1. The highest BCUT2D eigenvalue weighted by Crippen LogP contribution is 2.41. The van der Waals surface area contributed by atoms with Crippen LogP contribution in [0.5, 0.6) is 23.0 Å². The summed E-state index contributed by atoms with van der Waals surface area (Å²) in [6.07, 6.45) is 7.72. The zero-order valence-corrected chi connectivity index (χ0v) is 16.2. The van der Waals surface area contributed by atoms with Gasteiger partial charge in [0.1, 0.15) is 12.0 Å². The molecule has 0 unspecified atom stereocenters. The first kappa shape index (κ1) is 20.6. The van der Waals surface area contributed by atoms with Gasteiger partial charge in [0.05, 0.1) is 13.7 Å². The van der Waals surface area contributed by atoms with Crippen LogP contribution < -0.4 is 14.2 Å². The summed E-state index contributed by atoms with van der Waals surface area (Å²) in [7, 11) is 1.56. The van der Waals surface area contributed by atoms with Crippen molar-refractivity contribution in [2.24, 2.45) is 0 Å². The Bertz CT molecular complexity index is 752. The molecule has 0 aromatic heterocycles. The first-order valence-electron chi connectivity index (χ1n) is 9.40. The molecule has 0 spiro atoms. The second-order valence-corrected chi connectivity index (χ2v) is 6.28. The zero-order valence-electron chi connectivity index (χ0n) is 16.2. The van der Waals surface area contributed by atoms with Gasteiger partial charge in [0.15, 0.2) is 11.5 Å². The van der Waals surface area contributed by atoms with E-state index in [-0.39, 0.29) is 0 Å². The number of methoxy groups -OCH3 is 1. The minimum atomic E-state index is 0.474. The van der Waals surface area contributed by atoms with E-state index in [2.05, 4.69) is 13.5 Å². The molecule has 0 bridgehead atoms. The number of carbonyl (C=O) groups excluding carboxylic acids is 1. The first-order valence-corrected chi connectivity index (χ1v) is 9.40. The third-order valence-corrected chi connectivity index (χ3v) is 4.20. The van der Waals surface area contributed by atoms with Crippen molar-refractivity contribution in [3.05, 3.63) is 60.2 Å². The van der Waals surface area contributed by atoms with Crippen LogP contribution in [0, 0.1) is 0 Å². The van der Waals surface area contributed by atoms with E-state index in [4.69, 9.17) is 14.2 Å². The highest BCUT2D eigenvalue weighted by molar-refractivity contribution is 5.78. The predicted molar refractivity (Wildman–Crippen MR) is 108 cm³/mol. The van der Waals surface area contributed by atoms with Gasteiger partial charge < -0.3 is 14.2 Å². The molecule has 2 rings (SSSR count). The zero-order chi connectivity index (χ0) is 19.5. The molecule has 0 radical (unpaired) electrons. The van der Waals surface area contributed by atoms with Crippen LogP contribution >= 0.6 is 0 Å². The summed E-state index contributed by atoms with van der Waals surface area (Å²) in [6.45, 7) is 6.54. The van der Waals surface area contributed by atoms with E-state index in [0.717, 1.165) is 24.7 Å². The molecular weight excluding hydrogens is 340 g/mol. The Balaban J connectivity index is 2.32. The van der Waals surface area contributed by atoms with Crippen molar-refractivity contribution in [1.29, 1.82) is 0 Å². The molecule has 0 N–H and O–H groups in total. The Kier molecular flexibility index (Phi) is 8.43. The maximum atomic E-state index is 11.3. The average molecular weight is 368 g/mol. The number of hydrogen-bond donors (Lipinski definition) is 0. The maximum Gasteiger partial charge on any atom is 0.204 e. The van der Waals surface area contributed by atoms with Crippen LogP contribution in [0.4, 0.5) is 0 Å². The lowest BCUT2D eigenvalue weighted by Crippen LogP contribution is -2.03. The molecular formula is C23H28O4. The molecule has 4 nitrogen and oxygen atoms in total. The van der Waals surface area contributed by atoms with E-state index < -0.39 is 0 Å². The van der Waals surface area contributed by atoms with E-state index >= 15 is 0 Å². The molecule has 0 saturated carbocycles. The fourth-order valence-electron chi connectivity index (χ4n) is 2.78. The quantitative estimate of drug-likeness (QED) is 0.262. The van der Waals surface area contributed by atoms with Gasteiger partial charge in [0.25, 0.3) is 0 Å². The summed E-state index contributed by atoms with van der Waals surface area (Å²) >= 11 is 0. The molecule has 2 aromatic rings. The Hall–Kier alpha value is -2.75. The summed E-state index contributed by atoms with van der Waals surface area (Å²) in [5.41, 5.74) is 1.48. The Morgan fingerprint density at radius 2 is 1.81 bits per heavy atom. The van der Waals surface area contributed by atoms with Gasteiger partial charge >= 0.3 is 0 Å². The Morgan fingerprint density at radius 1 is 1.04 bits per heavy atom. The van der Waals surface area contributed by atoms with Crippen LogP contribution in [-0.4, -0.2) is 20.0 Å². The van der Waals surface area contributed by atoms with Crippen molar-refractivity contribution in [3.8, 4) is 23.0 Å². The molecule has 0 fully saturated rings. The SMILES string of the molecule is C=CCc1ccccc1Oc1cc(C=O)cc(OC)c1OCCCCCC. The van der Waals surface area contributed by atoms with Crippen molar-refractivity contribution < 1.29 is 19.0 Å². The Labute approximate surface area is 161 Å². The maximum absolute atomic E-state index is 11.3. The number of benzene rings is 2. The average Bonchev–Trinajstić information content (AvgIpc) is 2.70. The molecule has 4 heteroatoms. The monoisotopic (exact) mass is 368 g/mol. The van der Waals surface area contributed by atoms with E-state index in [0.29, 0.717) is 41.6 Å². The molecule has 0 aliphatic rings. The van der Waals surface area contributed by atoms with Gasteiger partial charge in [-0.1, -0.05) is 50.5 Å². The minimum absolute atomic E-state index is 0.474. The number of allylic oxidation sites excluding steroid dienone is 1. The second kappa shape index (κ2) is 11.1. The molecule has 0 atom stereocenters. The molecule has 0 aliphatic heterocycles. The van der Waals surface area contributed by atoms with Crippen LogP contribution in [0.3, 0.4) is 0 Å². The number of rotatable bonds is 12. The van der Waals surface area contributed by atoms with Gasteiger partial charge in [0.2, 0.25) is 5.75 Å². The van der Waals surface area contributed by atoms with E-state index in [1.807, 2.05) is 30.3 Å². The topological polar surface area (TPSA) is 44.8 Å². The molecule has 0 amide bonds. The molecule has 2 aromatic carbocycles. The number of hydrogen-bond acceptors (Lipinski definition) is 4. The highest BCUT2D eigenvalue weighted by atomic mass is 16.5. The van der Waals surface area contributed by atoms with E-state index in [1.54, 1.807) is 19.2 Å². The van der Waals surface area contributed by atoms with Crippen LogP contribution in [0.25, 0.3) is 0 Å². The van der Waals surface area contributed by atoms with Crippen molar-refractivity contribution in [2.45, 2.75) is 39.0 Å². The summed E-state index contributed by atoms with van der Waals surface area (Å²) in [4.78, 5) is 11.3. The summed E-state index contributed by atoms with van der Waals surface area (Å²) in [5.74, 6) is 2.20. The molecule has 0 heterocycles. The fourth-order valence-corrected chi connectivity index (χ4v) is 2.78.